The molecule has 0 aliphatic carbocycles. The fraction of sp³-hybridized carbons (Fsp3) is 0.100. The van der Waals surface area contributed by atoms with Gasteiger partial charge in [-0.05, 0) is 43.3 Å². The molecule has 25 heavy (non-hydrogen) atoms. The van der Waals surface area contributed by atoms with Crippen LogP contribution in [0.25, 0.3) is 0 Å². The molecule has 1 amide bonds. The van der Waals surface area contributed by atoms with Crippen LogP contribution in [0.1, 0.15) is 16.1 Å². The Morgan fingerprint density at radius 3 is 2.36 bits per heavy atom. The minimum Gasteiger partial charge on any atom is -0.455 e. The Morgan fingerprint density at radius 2 is 1.64 bits per heavy atom. The molecule has 0 saturated carbocycles. The Kier molecular flexibility index (Phi) is 4.66. The van der Waals surface area contributed by atoms with Gasteiger partial charge in [0.05, 0.1) is 5.69 Å². The third kappa shape index (κ3) is 3.61. The van der Waals surface area contributed by atoms with Gasteiger partial charge in [0.25, 0.3) is 11.5 Å². The number of para-hydroxylation sites is 3. The van der Waals surface area contributed by atoms with Gasteiger partial charge >= 0.3 is 0 Å². The van der Waals surface area contributed by atoms with Crippen molar-refractivity contribution in [1.29, 1.82) is 0 Å². The Labute approximate surface area is 145 Å². The Balaban J connectivity index is 1.93. The summed E-state index contributed by atoms with van der Waals surface area (Å²) in [6.07, 6.45) is 0. The van der Waals surface area contributed by atoms with Gasteiger partial charge in [-0.1, -0.05) is 30.3 Å². The Bertz CT molecular complexity index is 948. The van der Waals surface area contributed by atoms with Crippen LogP contribution in [0.15, 0.2) is 71.5 Å². The average molecular weight is 334 g/mol. The van der Waals surface area contributed by atoms with E-state index in [0.717, 1.165) is 0 Å². The van der Waals surface area contributed by atoms with E-state index in [4.69, 9.17) is 4.74 Å². The first-order chi connectivity index (χ1) is 12.1. The van der Waals surface area contributed by atoms with Crippen LogP contribution in [0.3, 0.4) is 0 Å². The molecule has 5 nitrogen and oxygen atoms in total. The fourth-order valence-corrected chi connectivity index (χ4v) is 2.47. The molecule has 0 fully saturated rings. The minimum atomic E-state index is -0.404. The van der Waals surface area contributed by atoms with Crippen molar-refractivity contribution < 1.29 is 9.53 Å². The summed E-state index contributed by atoms with van der Waals surface area (Å²) in [4.78, 5) is 28.9. The van der Waals surface area contributed by atoms with Gasteiger partial charge in [0.15, 0.2) is 5.75 Å². The molecule has 0 aliphatic heterocycles. The first-order valence-corrected chi connectivity index (χ1v) is 7.86. The van der Waals surface area contributed by atoms with E-state index in [9.17, 15) is 9.59 Å². The normalized spacial score (nSPS) is 10.3. The maximum absolute atomic E-state index is 12.7. The highest BCUT2D eigenvalue weighted by atomic mass is 16.5. The van der Waals surface area contributed by atoms with E-state index >= 15 is 0 Å². The lowest BCUT2D eigenvalue weighted by atomic mass is 10.2. The predicted octanol–water partition coefficient (Wildman–Crippen LogP) is 3.75. The molecule has 0 unspecified atom stereocenters. The first kappa shape index (κ1) is 16.5. The monoisotopic (exact) mass is 334 g/mol. The van der Waals surface area contributed by atoms with Gasteiger partial charge in [-0.25, -0.2) is 0 Å². The summed E-state index contributed by atoms with van der Waals surface area (Å²) in [6, 6.07) is 19.8. The molecule has 3 rings (SSSR count). The summed E-state index contributed by atoms with van der Waals surface area (Å²) >= 11 is 0. The number of pyridine rings is 1. The highest BCUT2D eigenvalue weighted by Gasteiger charge is 2.19. The van der Waals surface area contributed by atoms with Gasteiger partial charge in [-0.3, -0.25) is 9.59 Å². The van der Waals surface area contributed by atoms with E-state index in [1.54, 1.807) is 32.2 Å². The number of ether oxygens (including phenoxy) is 1. The number of hydrogen-bond donors (Lipinski definition) is 1. The lowest BCUT2D eigenvalue weighted by Crippen LogP contribution is -2.31. The summed E-state index contributed by atoms with van der Waals surface area (Å²) in [6.45, 7) is 1.77. The Morgan fingerprint density at radius 1 is 0.960 bits per heavy atom. The van der Waals surface area contributed by atoms with E-state index in [1.165, 1.54) is 11.0 Å². The fourth-order valence-electron chi connectivity index (χ4n) is 2.47. The van der Waals surface area contributed by atoms with Crippen LogP contribution in [0.5, 0.6) is 11.5 Å². The van der Waals surface area contributed by atoms with Crippen LogP contribution in [0, 0.1) is 6.92 Å². The molecule has 0 bridgehead atoms. The third-order valence-electron chi connectivity index (χ3n) is 3.79. The van der Waals surface area contributed by atoms with Crippen molar-refractivity contribution in [3.8, 4) is 11.5 Å². The van der Waals surface area contributed by atoms with Gasteiger partial charge in [0.2, 0.25) is 0 Å². The quantitative estimate of drug-likeness (QED) is 0.790. The van der Waals surface area contributed by atoms with E-state index in [-0.39, 0.29) is 5.56 Å². The molecule has 3 aromatic rings. The van der Waals surface area contributed by atoms with E-state index in [2.05, 4.69) is 4.98 Å². The predicted molar refractivity (Wildman–Crippen MR) is 97.5 cm³/mol. The Hall–Kier alpha value is -3.34. The SMILES string of the molecule is Cc1ccc(C(=O)N(C)c2ccccc2Oc2ccccc2)c(=O)[nH]1. The molecule has 0 aliphatic rings. The molecule has 2 aromatic carbocycles. The second kappa shape index (κ2) is 7.05. The van der Waals surface area contributed by atoms with E-state index in [0.29, 0.717) is 22.9 Å². The van der Waals surface area contributed by atoms with Crippen molar-refractivity contribution in [2.24, 2.45) is 0 Å². The van der Waals surface area contributed by atoms with Gasteiger partial charge in [0.1, 0.15) is 11.3 Å². The zero-order chi connectivity index (χ0) is 17.8. The molecule has 1 aromatic heterocycles. The molecule has 0 radical (unpaired) electrons. The maximum atomic E-state index is 12.7. The van der Waals surface area contributed by atoms with E-state index in [1.807, 2.05) is 42.5 Å². The lowest BCUT2D eigenvalue weighted by molar-refractivity contribution is 0.0991. The van der Waals surface area contributed by atoms with Gasteiger partial charge in [-0.15, -0.1) is 0 Å². The highest BCUT2D eigenvalue weighted by molar-refractivity contribution is 6.06. The van der Waals surface area contributed by atoms with Crippen molar-refractivity contribution in [3.63, 3.8) is 0 Å². The highest BCUT2D eigenvalue weighted by Crippen LogP contribution is 2.31. The maximum Gasteiger partial charge on any atom is 0.263 e. The topological polar surface area (TPSA) is 62.4 Å². The number of hydrogen-bond acceptors (Lipinski definition) is 3. The standard InChI is InChI=1S/C20H18N2O3/c1-14-12-13-16(19(23)21-14)20(24)22(2)17-10-6-7-11-18(17)25-15-8-4-3-5-9-15/h3-13H,1-2H3,(H,21,23). The zero-order valence-corrected chi connectivity index (χ0v) is 14.0. The summed E-state index contributed by atoms with van der Waals surface area (Å²) < 4.78 is 5.89. The van der Waals surface area contributed by atoms with Crippen molar-refractivity contribution in [2.75, 3.05) is 11.9 Å². The second-order valence-corrected chi connectivity index (χ2v) is 5.63. The van der Waals surface area contributed by atoms with Crippen molar-refractivity contribution >= 4 is 11.6 Å². The van der Waals surface area contributed by atoms with Crippen LogP contribution in [0.4, 0.5) is 5.69 Å². The molecule has 1 heterocycles. The van der Waals surface area contributed by atoms with E-state index < -0.39 is 11.5 Å². The van der Waals surface area contributed by atoms with Gasteiger partial charge in [-0.2, -0.15) is 0 Å². The number of carbonyl (C=O) groups excluding carboxylic acids is 1. The number of benzene rings is 2. The number of aryl methyl sites for hydroxylation is 1. The number of anilines is 1. The molecule has 5 heteroatoms. The molecular weight excluding hydrogens is 316 g/mol. The largest absolute Gasteiger partial charge is 0.455 e. The lowest BCUT2D eigenvalue weighted by Gasteiger charge is -2.20. The molecule has 1 N–H and O–H groups in total. The average Bonchev–Trinajstić information content (AvgIpc) is 2.62. The molecule has 0 saturated heterocycles. The zero-order valence-electron chi connectivity index (χ0n) is 14.0. The number of aromatic amines is 1. The third-order valence-corrected chi connectivity index (χ3v) is 3.79. The summed E-state index contributed by atoms with van der Waals surface area (Å²) in [5.74, 6) is 0.808. The molecule has 126 valence electrons. The number of rotatable bonds is 4. The first-order valence-electron chi connectivity index (χ1n) is 7.86. The smallest absolute Gasteiger partial charge is 0.263 e. The van der Waals surface area contributed by atoms with Crippen molar-refractivity contribution in [2.45, 2.75) is 6.92 Å². The number of H-pyrrole nitrogens is 1. The second-order valence-electron chi connectivity index (χ2n) is 5.63. The number of nitrogens with zero attached hydrogens (tertiary/aromatic N) is 1. The van der Waals surface area contributed by atoms with Crippen molar-refractivity contribution in [3.05, 3.63) is 88.3 Å². The summed E-state index contributed by atoms with van der Waals surface area (Å²) in [7, 11) is 1.62. The number of carbonyl (C=O) groups is 1. The summed E-state index contributed by atoms with van der Waals surface area (Å²) in [5.41, 5.74) is 0.967. The summed E-state index contributed by atoms with van der Waals surface area (Å²) in [5, 5.41) is 0. The van der Waals surface area contributed by atoms with Crippen molar-refractivity contribution in [1.82, 2.24) is 4.98 Å². The van der Waals surface area contributed by atoms with Crippen LogP contribution in [-0.4, -0.2) is 17.9 Å². The van der Waals surface area contributed by atoms with Gasteiger partial charge < -0.3 is 14.6 Å². The van der Waals surface area contributed by atoms with Crippen LogP contribution < -0.4 is 15.2 Å². The van der Waals surface area contributed by atoms with Crippen LogP contribution in [-0.2, 0) is 0 Å². The number of nitrogens with one attached hydrogen (secondary N) is 1. The minimum absolute atomic E-state index is 0.0858. The van der Waals surface area contributed by atoms with Gasteiger partial charge in [0, 0.05) is 12.7 Å². The van der Waals surface area contributed by atoms with Crippen LogP contribution in [0.2, 0.25) is 0 Å². The number of aromatic nitrogens is 1. The molecule has 0 spiro atoms. The molecule has 0 atom stereocenters. The number of amides is 1. The van der Waals surface area contributed by atoms with Crippen LogP contribution >= 0.6 is 0 Å². The molecular formula is C20H18N2O3.